The Kier molecular flexibility index (Phi) is 5.60. The fourth-order valence-electron chi connectivity index (χ4n) is 2.30. The molecule has 2 heterocycles. The van der Waals surface area contributed by atoms with Crippen molar-refractivity contribution in [2.24, 2.45) is 11.7 Å². The molecular formula is C14H22BrN3OS. The van der Waals surface area contributed by atoms with Crippen LogP contribution in [0.15, 0.2) is 15.9 Å². The van der Waals surface area contributed by atoms with E-state index in [1.165, 1.54) is 8.66 Å². The molecule has 0 saturated carbocycles. The van der Waals surface area contributed by atoms with Gasteiger partial charge in [0.25, 0.3) is 0 Å². The number of thiophene rings is 1. The van der Waals surface area contributed by atoms with Crippen LogP contribution in [-0.4, -0.2) is 47.9 Å². The molecule has 1 aliphatic heterocycles. The van der Waals surface area contributed by atoms with Crippen molar-refractivity contribution >= 4 is 33.2 Å². The van der Waals surface area contributed by atoms with Crippen molar-refractivity contribution in [3.05, 3.63) is 20.8 Å². The highest BCUT2D eigenvalue weighted by atomic mass is 79.9. The average molecular weight is 360 g/mol. The summed E-state index contributed by atoms with van der Waals surface area (Å²) in [6.07, 6.45) is 0. The zero-order valence-electron chi connectivity index (χ0n) is 12.0. The van der Waals surface area contributed by atoms with Gasteiger partial charge in [0.05, 0.1) is 9.70 Å². The van der Waals surface area contributed by atoms with Gasteiger partial charge in [-0.05, 0) is 35.0 Å². The van der Waals surface area contributed by atoms with E-state index in [2.05, 4.69) is 33.0 Å². The molecule has 2 rings (SSSR count). The van der Waals surface area contributed by atoms with Crippen molar-refractivity contribution < 1.29 is 4.79 Å². The third-order valence-electron chi connectivity index (χ3n) is 3.87. The third kappa shape index (κ3) is 4.04. The van der Waals surface area contributed by atoms with Crippen LogP contribution >= 0.6 is 27.3 Å². The molecule has 6 heteroatoms. The summed E-state index contributed by atoms with van der Waals surface area (Å²) in [6.45, 7) is 8.28. The van der Waals surface area contributed by atoms with E-state index in [-0.39, 0.29) is 17.9 Å². The normalized spacial score (nSPS) is 19.9. The van der Waals surface area contributed by atoms with Gasteiger partial charge >= 0.3 is 0 Å². The van der Waals surface area contributed by atoms with Crippen LogP contribution in [0.25, 0.3) is 0 Å². The molecule has 0 aliphatic carbocycles. The van der Waals surface area contributed by atoms with Crippen molar-refractivity contribution in [3.63, 3.8) is 0 Å². The number of halogens is 1. The molecule has 0 radical (unpaired) electrons. The molecule has 2 unspecified atom stereocenters. The molecule has 1 aliphatic rings. The fraction of sp³-hybridized carbons (Fsp3) is 0.643. The van der Waals surface area contributed by atoms with Gasteiger partial charge in [-0.1, -0.05) is 6.92 Å². The first-order chi connectivity index (χ1) is 9.47. The number of piperazine rings is 1. The van der Waals surface area contributed by atoms with Gasteiger partial charge in [0, 0.05) is 43.6 Å². The maximum absolute atomic E-state index is 12.2. The van der Waals surface area contributed by atoms with Crippen molar-refractivity contribution in [2.45, 2.75) is 26.4 Å². The van der Waals surface area contributed by atoms with Gasteiger partial charge in [-0.25, -0.2) is 0 Å². The minimum absolute atomic E-state index is 0.0796. The number of carbonyl (C=O) groups is 1. The summed E-state index contributed by atoms with van der Waals surface area (Å²) >= 11 is 5.27. The van der Waals surface area contributed by atoms with Crippen LogP contribution in [-0.2, 0) is 11.3 Å². The molecule has 0 bridgehead atoms. The van der Waals surface area contributed by atoms with E-state index >= 15 is 0 Å². The lowest BCUT2D eigenvalue weighted by atomic mass is 10.0. The summed E-state index contributed by atoms with van der Waals surface area (Å²) in [6, 6.07) is 4.16. The average Bonchev–Trinajstić information content (AvgIpc) is 2.83. The van der Waals surface area contributed by atoms with Gasteiger partial charge in [0.15, 0.2) is 0 Å². The fourth-order valence-corrected chi connectivity index (χ4v) is 3.82. The predicted octanol–water partition coefficient (Wildman–Crippen LogP) is 2.14. The highest BCUT2D eigenvalue weighted by molar-refractivity contribution is 9.11. The van der Waals surface area contributed by atoms with Crippen LogP contribution < -0.4 is 5.73 Å². The van der Waals surface area contributed by atoms with Crippen LogP contribution in [0.3, 0.4) is 0 Å². The van der Waals surface area contributed by atoms with Gasteiger partial charge in [0.2, 0.25) is 5.91 Å². The van der Waals surface area contributed by atoms with Crippen LogP contribution in [0, 0.1) is 5.92 Å². The van der Waals surface area contributed by atoms with Crippen molar-refractivity contribution in [1.29, 1.82) is 0 Å². The summed E-state index contributed by atoms with van der Waals surface area (Å²) in [7, 11) is 0. The minimum Gasteiger partial charge on any atom is -0.340 e. The molecule has 2 atom stereocenters. The standard InChI is InChI=1S/C14H22BrN3OS/c1-10(11(2)16)14(19)18-7-5-17(6-8-18)9-12-3-4-13(15)20-12/h3-4,10-11H,5-9,16H2,1-2H3. The van der Waals surface area contributed by atoms with Crippen LogP contribution in [0.2, 0.25) is 0 Å². The molecule has 1 amide bonds. The number of rotatable bonds is 4. The Balaban J connectivity index is 1.82. The smallest absolute Gasteiger partial charge is 0.227 e. The zero-order chi connectivity index (χ0) is 14.7. The van der Waals surface area contributed by atoms with Gasteiger partial charge in [0.1, 0.15) is 0 Å². The summed E-state index contributed by atoms with van der Waals surface area (Å²) in [5, 5.41) is 0. The molecule has 1 saturated heterocycles. The van der Waals surface area contributed by atoms with Gasteiger partial charge in [-0.2, -0.15) is 0 Å². The van der Waals surface area contributed by atoms with Gasteiger partial charge in [-0.15, -0.1) is 11.3 Å². The first-order valence-electron chi connectivity index (χ1n) is 6.98. The summed E-state index contributed by atoms with van der Waals surface area (Å²) < 4.78 is 1.17. The second-order valence-electron chi connectivity index (χ2n) is 5.46. The van der Waals surface area contributed by atoms with Crippen LogP contribution in [0.4, 0.5) is 0 Å². The quantitative estimate of drug-likeness (QED) is 0.895. The largest absolute Gasteiger partial charge is 0.340 e. The Morgan fingerprint density at radius 3 is 2.50 bits per heavy atom. The molecule has 20 heavy (non-hydrogen) atoms. The maximum atomic E-state index is 12.2. The molecule has 1 aromatic rings. The van der Waals surface area contributed by atoms with Crippen molar-refractivity contribution in [2.75, 3.05) is 26.2 Å². The van der Waals surface area contributed by atoms with E-state index < -0.39 is 0 Å². The highest BCUT2D eigenvalue weighted by Gasteiger charge is 2.26. The highest BCUT2D eigenvalue weighted by Crippen LogP contribution is 2.23. The molecule has 1 aromatic heterocycles. The number of carbonyl (C=O) groups excluding carboxylic acids is 1. The molecule has 112 valence electrons. The second kappa shape index (κ2) is 7.02. The number of nitrogens with zero attached hydrogens (tertiary/aromatic N) is 2. The lowest BCUT2D eigenvalue weighted by Gasteiger charge is -2.36. The van der Waals surface area contributed by atoms with Crippen LogP contribution in [0.1, 0.15) is 18.7 Å². The Bertz CT molecular complexity index is 455. The van der Waals surface area contributed by atoms with E-state index in [0.717, 1.165) is 32.7 Å². The third-order valence-corrected chi connectivity index (χ3v) is 5.48. The molecule has 4 nitrogen and oxygen atoms in total. The second-order valence-corrected chi connectivity index (χ2v) is 8.00. The number of hydrogen-bond acceptors (Lipinski definition) is 4. The predicted molar refractivity (Wildman–Crippen MR) is 86.7 cm³/mol. The maximum Gasteiger partial charge on any atom is 0.227 e. The van der Waals surface area contributed by atoms with Crippen molar-refractivity contribution in [3.8, 4) is 0 Å². The van der Waals surface area contributed by atoms with E-state index in [4.69, 9.17) is 5.73 Å². The van der Waals surface area contributed by atoms with E-state index in [1.54, 1.807) is 11.3 Å². The Labute approximate surface area is 133 Å². The number of hydrogen-bond donors (Lipinski definition) is 1. The first-order valence-corrected chi connectivity index (χ1v) is 8.59. The minimum atomic E-state index is -0.0881. The molecule has 0 aromatic carbocycles. The number of amides is 1. The topological polar surface area (TPSA) is 49.6 Å². The molecular weight excluding hydrogens is 338 g/mol. The Morgan fingerprint density at radius 1 is 1.35 bits per heavy atom. The Hall–Kier alpha value is -0.430. The van der Waals surface area contributed by atoms with Crippen molar-refractivity contribution in [1.82, 2.24) is 9.80 Å². The van der Waals surface area contributed by atoms with Gasteiger partial charge in [-0.3, -0.25) is 9.69 Å². The van der Waals surface area contributed by atoms with E-state index in [0.29, 0.717) is 0 Å². The first kappa shape index (κ1) is 15.9. The molecule has 1 fully saturated rings. The van der Waals surface area contributed by atoms with Crippen LogP contribution in [0.5, 0.6) is 0 Å². The lowest BCUT2D eigenvalue weighted by Crippen LogP contribution is -2.51. The molecule has 2 N–H and O–H groups in total. The summed E-state index contributed by atoms with van der Waals surface area (Å²) in [4.78, 5) is 17.9. The summed E-state index contributed by atoms with van der Waals surface area (Å²) in [5.74, 6) is 0.105. The SMILES string of the molecule is CC(N)C(C)C(=O)N1CCN(Cc2ccc(Br)s2)CC1. The zero-order valence-corrected chi connectivity index (χ0v) is 14.4. The monoisotopic (exact) mass is 359 g/mol. The van der Waals surface area contributed by atoms with E-state index in [9.17, 15) is 4.79 Å². The molecule has 0 spiro atoms. The number of nitrogens with two attached hydrogens (primary N) is 1. The van der Waals surface area contributed by atoms with Gasteiger partial charge < -0.3 is 10.6 Å². The lowest BCUT2D eigenvalue weighted by molar-refractivity contribution is -0.137. The Morgan fingerprint density at radius 2 is 2.00 bits per heavy atom. The van der Waals surface area contributed by atoms with E-state index in [1.807, 2.05) is 18.7 Å². The summed E-state index contributed by atoms with van der Waals surface area (Å²) in [5.41, 5.74) is 5.81.